The van der Waals surface area contributed by atoms with Gasteiger partial charge in [0.1, 0.15) is 11.8 Å². The van der Waals surface area contributed by atoms with Crippen LogP contribution in [0.3, 0.4) is 0 Å². The first-order valence-electron chi connectivity index (χ1n) is 7.41. The molecular weight excluding hydrogens is 266 g/mol. The summed E-state index contributed by atoms with van der Waals surface area (Å²) in [6.45, 7) is 6.68. The topological polar surface area (TPSA) is 57.5 Å². The number of benzene rings is 1. The Hall–Kier alpha value is -1.61. The molecule has 21 heavy (non-hydrogen) atoms. The van der Waals surface area contributed by atoms with E-state index in [0.29, 0.717) is 11.3 Å². The summed E-state index contributed by atoms with van der Waals surface area (Å²) in [5.74, 6) is 0.633. The maximum absolute atomic E-state index is 9.06. The lowest BCUT2D eigenvalue weighted by atomic mass is 10.1. The van der Waals surface area contributed by atoms with E-state index in [1.807, 2.05) is 18.2 Å². The van der Waals surface area contributed by atoms with Crippen molar-refractivity contribution >= 4 is 0 Å². The summed E-state index contributed by atoms with van der Waals surface area (Å²) in [4.78, 5) is 2.44. The lowest BCUT2D eigenvalue weighted by molar-refractivity contribution is 0.0374. The second-order valence-corrected chi connectivity index (χ2v) is 5.13. The van der Waals surface area contributed by atoms with Crippen LogP contribution in [-0.4, -0.2) is 51.4 Å². The minimum absolute atomic E-state index is 0.588. The van der Waals surface area contributed by atoms with E-state index in [-0.39, 0.29) is 0 Å². The van der Waals surface area contributed by atoms with E-state index in [0.717, 1.165) is 57.9 Å². The van der Waals surface area contributed by atoms with Gasteiger partial charge in [-0.05, 0) is 37.2 Å². The van der Waals surface area contributed by atoms with Gasteiger partial charge in [-0.1, -0.05) is 6.07 Å². The van der Waals surface area contributed by atoms with Gasteiger partial charge >= 0.3 is 0 Å². The first kappa shape index (κ1) is 15.8. The summed E-state index contributed by atoms with van der Waals surface area (Å²) in [5, 5.41) is 12.5. The molecular formula is C16H23N3O2. The largest absolute Gasteiger partial charge is 0.495 e. The van der Waals surface area contributed by atoms with Crippen molar-refractivity contribution in [3.05, 3.63) is 29.3 Å². The molecule has 1 aromatic rings. The van der Waals surface area contributed by atoms with Gasteiger partial charge in [-0.25, -0.2) is 0 Å². The highest BCUT2D eigenvalue weighted by Crippen LogP contribution is 2.18. The Balaban J connectivity index is 1.67. The van der Waals surface area contributed by atoms with E-state index >= 15 is 0 Å². The Labute approximate surface area is 126 Å². The summed E-state index contributed by atoms with van der Waals surface area (Å²) in [6.07, 6.45) is 1.13. The van der Waals surface area contributed by atoms with Gasteiger partial charge in [-0.2, -0.15) is 5.26 Å². The van der Waals surface area contributed by atoms with Gasteiger partial charge in [-0.3, -0.25) is 4.90 Å². The highest BCUT2D eigenvalue weighted by molar-refractivity contribution is 5.45. The first-order valence-corrected chi connectivity index (χ1v) is 7.41. The van der Waals surface area contributed by atoms with Gasteiger partial charge in [0.05, 0.1) is 25.9 Å². The molecule has 5 heteroatoms. The quantitative estimate of drug-likeness (QED) is 0.769. The normalized spacial score (nSPS) is 15.6. The molecule has 0 aliphatic carbocycles. The summed E-state index contributed by atoms with van der Waals surface area (Å²) >= 11 is 0. The van der Waals surface area contributed by atoms with Gasteiger partial charge in [0, 0.05) is 19.6 Å². The number of nitrogens with zero attached hydrogens (tertiary/aromatic N) is 2. The van der Waals surface area contributed by atoms with Gasteiger partial charge < -0.3 is 14.8 Å². The van der Waals surface area contributed by atoms with E-state index in [1.54, 1.807) is 7.11 Å². The maximum atomic E-state index is 9.06. The van der Waals surface area contributed by atoms with E-state index < -0.39 is 0 Å². The average molecular weight is 289 g/mol. The molecule has 5 nitrogen and oxygen atoms in total. The van der Waals surface area contributed by atoms with Crippen molar-refractivity contribution < 1.29 is 9.47 Å². The van der Waals surface area contributed by atoms with Crippen LogP contribution in [0.2, 0.25) is 0 Å². The zero-order valence-electron chi connectivity index (χ0n) is 12.6. The highest BCUT2D eigenvalue weighted by Gasteiger charge is 2.09. The zero-order valence-corrected chi connectivity index (χ0v) is 12.6. The smallest absolute Gasteiger partial charge is 0.136 e. The van der Waals surface area contributed by atoms with E-state index in [1.165, 1.54) is 0 Å². The van der Waals surface area contributed by atoms with Crippen LogP contribution in [0.4, 0.5) is 0 Å². The molecule has 1 heterocycles. The number of nitrogens with one attached hydrogen (secondary N) is 1. The van der Waals surface area contributed by atoms with Gasteiger partial charge in [0.2, 0.25) is 0 Å². The number of ether oxygens (including phenoxy) is 2. The SMILES string of the molecule is COc1ccc(CNCCCN2CCOCC2)cc1C#N. The number of nitriles is 1. The Morgan fingerprint density at radius 1 is 1.38 bits per heavy atom. The zero-order chi connectivity index (χ0) is 14.9. The molecule has 0 aromatic heterocycles. The van der Waals surface area contributed by atoms with Crippen LogP contribution in [0, 0.1) is 11.3 Å². The number of hydrogen-bond acceptors (Lipinski definition) is 5. The van der Waals surface area contributed by atoms with Gasteiger partial charge in [0.25, 0.3) is 0 Å². The van der Waals surface area contributed by atoms with Crippen molar-refractivity contribution in [3.63, 3.8) is 0 Å². The van der Waals surface area contributed by atoms with Crippen LogP contribution in [0.5, 0.6) is 5.75 Å². The molecule has 114 valence electrons. The summed E-state index contributed by atoms with van der Waals surface area (Å²) in [6, 6.07) is 7.89. The van der Waals surface area contributed by atoms with Crippen molar-refractivity contribution in [2.45, 2.75) is 13.0 Å². The minimum Gasteiger partial charge on any atom is -0.495 e. The molecule has 1 aliphatic heterocycles. The van der Waals surface area contributed by atoms with Gasteiger partial charge in [-0.15, -0.1) is 0 Å². The summed E-state index contributed by atoms with van der Waals surface area (Å²) < 4.78 is 10.5. The summed E-state index contributed by atoms with van der Waals surface area (Å²) in [5.41, 5.74) is 1.70. The van der Waals surface area contributed by atoms with Crippen LogP contribution in [0.15, 0.2) is 18.2 Å². The fourth-order valence-corrected chi connectivity index (χ4v) is 2.44. The van der Waals surface area contributed by atoms with Crippen LogP contribution in [-0.2, 0) is 11.3 Å². The lowest BCUT2D eigenvalue weighted by Crippen LogP contribution is -2.37. The third-order valence-corrected chi connectivity index (χ3v) is 3.65. The van der Waals surface area contributed by atoms with Crippen molar-refractivity contribution in [1.82, 2.24) is 10.2 Å². The third kappa shape index (κ3) is 5.01. The van der Waals surface area contributed by atoms with Crippen LogP contribution < -0.4 is 10.1 Å². The first-order chi connectivity index (χ1) is 10.3. The number of methoxy groups -OCH3 is 1. The number of rotatable bonds is 7. The lowest BCUT2D eigenvalue weighted by Gasteiger charge is -2.26. The summed E-state index contributed by atoms with van der Waals surface area (Å²) in [7, 11) is 1.58. The van der Waals surface area contributed by atoms with Crippen molar-refractivity contribution in [1.29, 1.82) is 5.26 Å². The molecule has 0 saturated carbocycles. The monoisotopic (exact) mass is 289 g/mol. The predicted molar refractivity (Wildman–Crippen MR) is 81.3 cm³/mol. The average Bonchev–Trinajstić information content (AvgIpc) is 2.55. The molecule has 0 amide bonds. The predicted octanol–water partition coefficient (Wildman–Crippen LogP) is 1.38. The van der Waals surface area contributed by atoms with Crippen LogP contribution in [0.25, 0.3) is 0 Å². The van der Waals surface area contributed by atoms with E-state index in [2.05, 4.69) is 16.3 Å². The molecule has 1 saturated heterocycles. The number of morpholine rings is 1. The van der Waals surface area contributed by atoms with Gasteiger partial charge in [0.15, 0.2) is 0 Å². The highest BCUT2D eigenvalue weighted by atomic mass is 16.5. The Kier molecular flexibility index (Phi) is 6.48. The molecule has 1 N–H and O–H groups in total. The molecule has 0 radical (unpaired) electrons. The molecule has 0 bridgehead atoms. The Morgan fingerprint density at radius 2 is 2.19 bits per heavy atom. The Bertz CT molecular complexity index is 479. The van der Waals surface area contributed by atoms with Crippen LogP contribution >= 0.6 is 0 Å². The standard InChI is InChI=1S/C16H23N3O2/c1-20-16-4-3-14(11-15(16)12-17)13-18-5-2-6-19-7-9-21-10-8-19/h3-4,11,18H,2,5-10,13H2,1H3. The minimum atomic E-state index is 0.588. The second-order valence-electron chi connectivity index (χ2n) is 5.13. The molecule has 0 spiro atoms. The molecule has 1 aromatic carbocycles. The van der Waals surface area contributed by atoms with Crippen LogP contribution in [0.1, 0.15) is 17.5 Å². The molecule has 0 atom stereocenters. The van der Waals surface area contributed by atoms with E-state index in [9.17, 15) is 0 Å². The van der Waals surface area contributed by atoms with E-state index in [4.69, 9.17) is 14.7 Å². The molecule has 2 rings (SSSR count). The Morgan fingerprint density at radius 3 is 2.90 bits per heavy atom. The molecule has 1 fully saturated rings. The van der Waals surface area contributed by atoms with Crippen molar-refractivity contribution in [3.8, 4) is 11.8 Å². The fourth-order valence-electron chi connectivity index (χ4n) is 2.44. The third-order valence-electron chi connectivity index (χ3n) is 3.65. The second kappa shape index (κ2) is 8.63. The molecule has 0 unspecified atom stereocenters. The molecule has 1 aliphatic rings. The number of hydrogen-bond donors (Lipinski definition) is 1. The fraction of sp³-hybridized carbons (Fsp3) is 0.562. The maximum Gasteiger partial charge on any atom is 0.136 e. The van der Waals surface area contributed by atoms with Crippen molar-refractivity contribution in [2.75, 3.05) is 46.5 Å². The van der Waals surface area contributed by atoms with Crippen molar-refractivity contribution in [2.24, 2.45) is 0 Å².